The topological polar surface area (TPSA) is 9.23 Å². The first-order chi connectivity index (χ1) is 10.0. The largest absolute Gasteiger partial charge is 0.423 e. The van der Waals surface area contributed by atoms with Crippen molar-refractivity contribution in [3.63, 3.8) is 0 Å². The molecule has 0 amide bonds. The molecule has 120 valence electrons. The summed E-state index contributed by atoms with van der Waals surface area (Å²) in [5.41, 5.74) is 2.54. The summed E-state index contributed by atoms with van der Waals surface area (Å²) in [4.78, 5) is 0. The van der Waals surface area contributed by atoms with Crippen LogP contribution in [0.3, 0.4) is 0 Å². The minimum absolute atomic E-state index is 0.652. The Morgan fingerprint density at radius 2 is 1.71 bits per heavy atom. The van der Waals surface area contributed by atoms with Crippen LogP contribution in [-0.4, -0.2) is 13.5 Å². The van der Waals surface area contributed by atoms with E-state index in [2.05, 4.69) is 39.0 Å². The minimum atomic E-state index is -2.81. The fraction of sp³-hybridized carbons (Fsp3) is 0.647. The van der Waals surface area contributed by atoms with Gasteiger partial charge in [0.15, 0.2) is 0 Å². The van der Waals surface area contributed by atoms with Gasteiger partial charge in [0, 0.05) is 11.8 Å². The SMILES string of the molecule is CCCCCCc1cc(C)ccc1[Si](Cl)(Cl)OCCCC. The molecule has 0 bridgehead atoms. The van der Waals surface area contributed by atoms with Crippen LogP contribution in [0.5, 0.6) is 0 Å². The van der Waals surface area contributed by atoms with Crippen LogP contribution in [0, 0.1) is 6.92 Å². The summed E-state index contributed by atoms with van der Waals surface area (Å²) in [5, 5.41) is 1.05. The Morgan fingerprint density at radius 1 is 1.00 bits per heavy atom. The monoisotopic (exact) mass is 346 g/mol. The molecule has 0 saturated heterocycles. The summed E-state index contributed by atoms with van der Waals surface area (Å²) in [5.74, 6) is 0. The summed E-state index contributed by atoms with van der Waals surface area (Å²) >= 11 is 13.2. The second kappa shape index (κ2) is 9.89. The van der Waals surface area contributed by atoms with Crippen molar-refractivity contribution in [3.05, 3.63) is 29.3 Å². The molecule has 0 unspecified atom stereocenters. The molecule has 0 aliphatic carbocycles. The first kappa shape index (κ1) is 19.0. The number of benzene rings is 1. The molecule has 0 N–H and O–H groups in total. The van der Waals surface area contributed by atoms with E-state index in [9.17, 15) is 0 Å². The Bertz CT molecular complexity index is 421. The lowest BCUT2D eigenvalue weighted by Crippen LogP contribution is -2.42. The van der Waals surface area contributed by atoms with E-state index in [1.54, 1.807) is 0 Å². The zero-order chi connectivity index (χ0) is 15.7. The second-order valence-corrected chi connectivity index (χ2v) is 11.3. The molecule has 1 aromatic carbocycles. The third-order valence-electron chi connectivity index (χ3n) is 3.66. The fourth-order valence-electron chi connectivity index (χ4n) is 2.38. The van der Waals surface area contributed by atoms with Crippen LogP contribution < -0.4 is 5.19 Å². The van der Waals surface area contributed by atoms with E-state index in [1.807, 2.05) is 0 Å². The highest BCUT2D eigenvalue weighted by Crippen LogP contribution is 2.21. The van der Waals surface area contributed by atoms with Gasteiger partial charge >= 0.3 is 6.94 Å². The first-order valence-corrected chi connectivity index (χ1v) is 12.1. The maximum Gasteiger partial charge on any atom is 0.423 e. The van der Waals surface area contributed by atoms with Gasteiger partial charge in [0.1, 0.15) is 0 Å². The van der Waals surface area contributed by atoms with Crippen molar-refractivity contribution in [1.29, 1.82) is 0 Å². The molecule has 0 aromatic heterocycles. The van der Waals surface area contributed by atoms with E-state index in [4.69, 9.17) is 26.6 Å². The molecule has 1 nitrogen and oxygen atoms in total. The number of hydrogen-bond acceptors (Lipinski definition) is 1. The predicted octanol–water partition coefficient (Wildman–Crippen LogP) is 5.56. The molecule has 0 saturated carbocycles. The minimum Gasteiger partial charge on any atom is -0.389 e. The molecular formula is C17H28Cl2OSi. The van der Waals surface area contributed by atoms with Crippen LogP contribution in [0.25, 0.3) is 0 Å². The summed E-state index contributed by atoms with van der Waals surface area (Å²) in [7, 11) is 0. The van der Waals surface area contributed by atoms with E-state index >= 15 is 0 Å². The van der Waals surface area contributed by atoms with E-state index < -0.39 is 6.94 Å². The van der Waals surface area contributed by atoms with Gasteiger partial charge in [-0.1, -0.05) is 63.3 Å². The fourth-order valence-corrected chi connectivity index (χ4v) is 5.35. The van der Waals surface area contributed by atoms with E-state index in [0.29, 0.717) is 6.61 Å². The van der Waals surface area contributed by atoms with Gasteiger partial charge in [-0.3, -0.25) is 0 Å². The Balaban J connectivity index is 2.79. The Labute approximate surface area is 140 Å². The van der Waals surface area contributed by atoms with Gasteiger partial charge in [-0.05, 0) is 31.7 Å². The van der Waals surface area contributed by atoms with Crippen molar-refractivity contribution in [2.75, 3.05) is 6.61 Å². The van der Waals surface area contributed by atoms with Crippen LogP contribution >= 0.6 is 22.2 Å². The number of halogens is 2. The predicted molar refractivity (Wildman–Crippen MR) is 97.0 cm³/mol. The maximum absolute atomic E-state index is 6.58. The van der Waals surface area contributed by atoms with E-state index in [-0.39, 0.29) is 0 Å². The number of rotatable bonds is 10. The standard InChI is InChI=1S/C17H28Cl2OSi/c1-4-6-8-9-10-16-14-15(3)11-12-17(16)21(18,19)20-13-7-5-2/h11-12,14H,4-10,13H2,1-3H3. The summed E-state index contributed by atoms with van der Waals surface area (Å²) < 4.78 is 5.83. The Kier molecular flexibility index (Phi) is 8.96. The molecule has 21 heavy (non-hydrogen) atoms. The lowest BCUT2D eigenvalue weighted by Gasteiger charge is -2.21. The molecule has 0 spiro atoms. The molecule has 0 aliphatic heterocycles. The van der Waals surface area contributed by atoms with E-state index in [0.717, 1.165) is 24.4 Å². The average molecular weight is 347 g/mol. The third-order valence-corrected chi connectivity index (χ3v) is 7.21. The lowest BCUT2D eigenvalue weighted by molar-refractivity contribution is 0.322. The highest BCUT2D eigenvalue weighted by molar-refractivity contribution is 7.48. The van der Waals surface area contributed by atoms with Crippen molar-refractivity contribution in [2.24, 2.45) is 0 Å². The van der Waals surface area contributed by atoms with Crippen molar-refractivity contribution >= 4 is 34.3 Å². The van der Waals surface area contributed by atoms with Gasteiger partial charge in [-0.2, -0.15) is 0 Å². The molecule has 0 radical (unpaired) electrons. The zero-order valence-electron chi connectivity index (χ0n) is 13.6. The Morgan fingerprint density at radius 3 is 2.38 bits per heavy atom. The van der Waals surface area contributed by atoms with Crippen LogP contribution in [0.2, 0.25) is 0 Å². The lowest BCUT2D eigenvalue weighted by atomic mass is 10.0. The van der Waals surface area contributed by atoms with Crippen LogP contribution in [0.15, 0.2) is 18.2 Å². The van der Waals surface area contributed by atoms with Gasteiger partial charge in [0.05, 0.1) is 0 Å². The third kappa shape index (κ3) is 6.73. The number of unbranched alkanes of at least 4 members (excludes halogenated alkanes) is 4. The average Bonchev–Trinajstić information content (AvgIpc) is 2.43. The molecule has 0 aliphatic rings. The van der Waals surface area contributed by atoms with Gasteiger partial charge in [0.2, 0.25) is 0 Å². The van der Waals surface area contributed by atoms with Gasteiger partial charge in [0.25, 0.3) is 0 Å². The van der Waals surface area contributed by atoms with Crippen molar-refractivity contribution in [2.45, 2.75) is 65.7 Å². The van der Waals surface area contributed by atoms with Crippen molar-refractivity contribution < 1.29 is 4.43 Å². The highest BCUT2D eigenvalue weighted by Gasteiger charge is 2.35. The summed E-state index contributed by atoms with van der Waals surface area (Å²) in [6.07, 6.45) is 8.14. The van der Waals surface area contributed by atoms with Crippen LogP contribution in [0.1, 0.15) is 63.5 Å². The quantitative estimate of drug-likeness (QED) is 0.306. The van der Waals surface area contributed by atoms with Crippen molar-refractivity contribution in [3.8, 4) is 0 Å². The molecular weight excluding hydrogens is 319 g/mol. The summed E-state index contributed by atoms with van der Waals surface area (Å²) in [6.45, 7) is 4.33. The number of hydrogen-bond donors (Lipinski definition) is 0. The number of aryl methyl sites for hydroxylation is 2. The molecule has 0 heterocycles. The molecule has 1 rings (SSSR count). The zero-order valence-corrected chi connectivity index (χ0v) is 16.1. The first-order valence-electron chi connectivity index (χ1n) is 8.13. The van der Waals surface area contributed by atoms with Gasteiger partial charge < -0.3 is 4.43 Å². The van der Waals surface area contributed by atoms with Crippen LogP contribution in [0.4, 0.5) is 0 Å². The van der Waals surface area contributed by atoms with Gasteiger partial charge in [-0.15, -0.1) is 22.2 Å². The van der Waals surface area contributed by atoms with Crippen molar-refractivity contribution in [1.82, 2.24) is 0 Å². The highest BCUT2D eigenvalue weighted by atomic mass is 35.7. The molecule has 4 heteroatoms. The Hall–Kier alpha value is -0.0231. The second-order valence-electron chi connectivity index (χ2n) is 5.69. The van der Waals surface area contributed by atoms with E-state index in [1.165, 1.54) is 36.8 Å². The molecule has 0 fully saturated rings. The molecule has 1 aromatic rings. The normalized spacial score (nSPS) is 11.9. The maximum atomic E-state index is 6.58. The van der Waals surface area contributed by atoms with Crippen LogP contribution in [-0.2, 0) is 10.8 Å². The summed E-state index contributed by atoms with van der Waals surface area (Å²) in [6, 6.07) is 6.38. The van der Waals surface area contributed by atoms with Gasteiger partial charge in [-0.25, -0.2) is 0 Å². The smallest absolute Gasteiger partial charge is 0.389 e. The molecule has 0 atom stereocenters.